The SMILES string of the molecule is C[C@H](CO)CCC(=O)[C@@H](C)[C@H]1CC[C@@H]2[C@H]3CC=C4C[C@@H](O)CC[C@]4(C)[C@@H]3CC[C@@]21C. The highest BCUT2D eigenvalue weighted by molar-refractivity contribution is 5.81. The fraction of sp³-hybridized carbons (Fsp3) is 0.889. The molecule has 0 aromatic rings. The van der Waals surface area contributed by atoms with E-state index in [1.807, 2.05) is 6.92 Å². The second kappa shape index (κ2) is 8.35. The Morgan fingerprint density at radius 1 is 1.13 bits per heavy atom. The number of hydrogen-bond acceptors (Lipinski definition) is 3. The number of hydrogen-bond donors (Lipinski definition) is 2. The zero-order valence-corrected chi connectivity index (χ0v) is 19.7. The van der Waals surface area contributed by atoms with E-state index >= 15 is 0 Å². The molecule has 0 heterocycles. The van der Waals surface area contributed by atoms with Gasteiger partial charge in [0.1, 0.15) is 5.78 Å². The molecule has 0 saturated heterocycles. The molecular weight excluding hydrogens is 372 g/mol. The standard InChI is InChI=1S/C27H44O3/c1-17(16-28)5-10-25(30)18(2)22-8-9-23-21-7-6-19-15-20(29)11-13-26(19,3)24(21)12-14-27(22,23)4/h6,17-18,20-24,28-29H,5,7-16H2,1-4H3/t17-,18-,20-,21+,22+,23+,24+,26-,27+/m0/s1. The van der Waals surface area contributed by atoms with Gasteiger partial charge in [-0.15, -0.1) is 0 Å². The lowest BCUT2D eigenvalue weighted by atomic mass is 9.47. The molecule has 3 heteroatoms. The van der Waals surface area contributed by atoms with Crippen molar-refractivity contribution < 1.29 is 15.0 Å². The Balaban J connectivity index is 1.49. The van der Waals surface area contributed by atoms with Crippen LogP contribution >= 0.6 is 0 Å². The zero-order chi connectivity index (χ0) is 21.7. The molecular formula is C27H44O3. The van der Waals surface area contributed by atoms with Crippen molar-refractivity contribution >= 4 is 5.78 Å². The van der Waals surface area contributed by atoms with Gasteiger partial charge in [0.15, 0.2) is 0 Å². The molecule has 4 rings (SSSR count). The van der Waals surface area contributed by atoms with Crippen molar-refractivity contribution in [3.05, 3.63) is 11.6 Å². The minimum atomic E-state index is -0.133. The predicted molar refractivity (Wildman–Crippen MR) is 121 cm³/mol. The summed E-state index contributed by atoms with van der Waals surface area (Å²) in [5, 5.41) is 19.5. The topological polar surface area (TPSA) is 57.5 Å². The lowest BCUT2D eigenvalue weighted by Gasteiger charge is -2.58. The molecule has 0 aromatic carbocycles. The van der Waals surface area contributed by atoms with Crippen molar-refractivity contribution in [3.63, 3.8) is 0 Å². The molecule has 0 bridgehead atoms. The number of aliphatic hydroxyl groups is 2. The van der Waals surface area contributed by atoms with Crippen molar-refractivity contribution in [1.29, 1.82) is 0 Å². The summed E-state index contributed by atoms with van der Waals surface area (Å²) in [6.07, 6.45) is 13.0. The molecule has 0 amide bonds. The number of Topliss-reactive ketones (excluding diaryl/α,β-unsaturated/α-hetero) is 1. The first kappa shape index (κ1) is 22.5. The Kier molecular flexibility index (Phi) is 6.27. The number of rotatable bonds is 6. The van der Waals surface area contributed by atoms with Gasteiger partial charge >= 0.3 is 0 Å². The smallest absolute Gasteiger partial charge is 0.136 e. The lowest BCUT2D eigenvalue weighted by molar-refractivity contribution is -0.127. The van der Waals surface area contributed by atoms with E-state index in [4.69, 9.17) is 0 Å². The fourth-order valence-electron chi connectivity index (χ4n) is 8.44. The lowest BCUT2D eigenvalue weighted by Crippen LogP contribution is -2.51. The molecule has 0 radical (unpaired) electrons. The number of allylic oxidation sites excluding steroid dienone is 1. The van der Waals surface area contributed by atoms with Crippen molar-refractivity contribution in [3.8, 4) is 0 Å². The first-order valence-corrected chi connectivity index (χ1v) is 12.7. The van der Waals surface area contributed by atoms with Crippen molar-refractivity contribution in [2.45, 2.75) is 98.0 Å². The second-order valence-electron chi connectivity index (χ2n) is 12.0. The molecule has 4 aliphatic carbocycles. The number of carbonyl (C=O) groups is 1. The molecule has 3 fully saturated rings. The van der Waals surface area contributed by atoms with Crippen LogP contribution in [0.1, 0.15) is 91.9 Å². The molecule has 9 atom stereocenters. The minimum Gasteiger partial charge on any atom is -0.396 e. The van der Waals surface area contributed by atoms with Gasteiger partial charge in [-0.1, -0.05) is 39.3 Å². The molecule has 4 aliphatic rings. The summed E-state index contributed by atoms with van der Waals surface area (Å²) in [6, 6.07) is 0. The number of carbonyl (C=O) groups excluding carboxylic acids is 1. The van der Waals surface area contributed by atoms with Crippen LogP contribution in [0.25, 0.3) is 0 Å². The minimum absolute atomic E-state index is 0.133. The van der Waals surface area contributed by atoms with Crippen molar-refractivity contribution in [2.75, 3.05) is 6.61 Å². The third-order valence-corrected chi connectivity index (χ3v) is 10.5. The van der Waals surface area contributed by atoms with Crippen molar-refractivity contribution in [1.82, 2.24) is 0 Å². The molecule has 3 saturated carbocycles. The van der Waals surface area contributed by atoms with E-state index < -0.39 is 0 Å². The summed E-state index contributed by atoms with van der Waals surface area (Å²) in [5.74, 6) is 3.58. The van der Waals surface area contributed by atoms with E-state index in [0.29, 0.717) is 29.0 Å². The van der Waals surface area contributed by atoms with Crippen LogP contribution in [-0.2, 0) is 4.79 Å². The molecule has 0 aliphatic heterocycles. The van der Waals surface area contributed by atoms with Gasteiger partial charge in [-0.05, 0) is 98.2 Å². The number of aliphatic hydroxyl groups excluding tert-OH is 2. The third kappa shape index (κ3) is 3.62. The van der Waals surface area contributed by atoms with Crippen LogP contribution in [0.2, 0.25) is 0 Å². The van der Waals surface area contributed by atoms with Crippen LogP contribution in [0.4, 0.5) is 0 Å². The Bertz CT molecular complexity index is 684. The summed E-state index contributed by atoms with van der Waals surface area (Å²) < 4.78 is 0. The zero-order valence-electron chi connectivity index (χ0n) is 19.7. The van der Waals surface area contributed by atoms with Gasteiger partial charge in [-0.3, -0.25) is 4.79 Å². The summed E-state index contributed by atoms with van der Waals surface area (Å²) in [5.41, 5.74) is 2.14. The molecule has 3 nitrogen and oxygen atoms in total. The van der Waals surface area contributed by atoms with Crippen LogP contribution in [-0.4, -0.2) is 28.7 Å². The highest BCUT2D eigenvalue weighted by atomic mass is 16.3. The molecule has 0 aromatic heterocycles. The van der Waals surface area contributed by atoms with E-state index in [1.54, 1.807) is 5.57 Å². The molecule has 2 N–H and O–H groups in total. The van der Waals surface area contributed by atoms with Gasteiger partial charge in [-0.25, -0.2) is 0 Å². The van der Waals surface area contributed by atoms with Crippen LogP contribution in [0.15, 0.2) is 11.6 Å². The van der Waals surface area contributed by atoms with E-state index in [2.05, 4.69) is 26.8 Å². The van der Waals surface area contributed by atoms with Gasteiger partial charge in [0.05, 0.1) is 6.10 Å². The highest BCUT2D eigenvalue weighted by Gasteiger charge is 2.59. The Morgan fingerprint density at radius 2 is 1.90 bits per heavy atom. The Morgan fingerprint density at radius 3 is 2.63 bits per heavy atom. The maximum absolute atomic E-state index is 13.0. The maximum atomic E-state index is 13.0. The summed E-state index contributed by atoms with van der Waals surface area (Å²) in [6.45, 7) is 9.41. The van der Waals surface area contributed by atoms with Gasteiger partial charge in [0.2, 0.25) is 0 Å². The first-order chi connectivity index (χ1) is 14.2. The molecule has 0 spiro atoms. The average Bonchev–Trinajstić information content (AvgIpc) is 3.08. The van der Waals surface area contributed by atoms with Crippen LogP contribution in [0, 0.1) is 46.3 Å². The Hall–Kier alpha value is -0.670. The van der Waals surface area contributed by atoms with E-state index in [0.717, 1.165) is 43.4 Å². The van der Waals surface area contributed by atoms with Gasteiger partial charge < -0.3 is 10.2 Å². The average molecular weight is 417 g/mol. The van der Waals surface area contributed by atoms with Crippen LogP contribution in [0.5, 0.6) is 0 Å². The molecule has 170 valence electrons. The summed E-state index contributed by atoms with van der Waals surface area (Å²) in [7, 11) is 0. The highest BCUT2D eigenvalue weighted by Crippen LogP contribution is 2.67. The molecule has 0 unspecified atom stereocenters. The van der Waals surface area contributed by atoms with Crippen molar-refractivity contribution in [2.24, 2.45) is 46.3 Å². The largest absolute Gasteiger partial charge is 0.396 e. The van der Waals surface area contributed by atoms with Crippen LogP contribution in [0.3, 0.4) is 0 Å². The van der Waals surface area contributed by atoms with E-state index in [1.165, 1.54) is 32.1 Å². The quantitative estimate of drug-likeness (QED) is 0.559. The number of ketones is 1. The monoisotopic (exact) mass is 416 g/mol. The third-order valence-electron chi connectivity index (χ3n) is 10.5. The maximum Gasteiger partial charge on any atom is 0.136 e. The van der Waals surface area contributed by atoms with Gasteiger partial charge in [0.25, 0.3) is 0 Å². The van der Waals surface area contributed by atoms with Crippen LogP contribution < -0.4 is 0 Å². The number of fused-ring (bicyclic) bond motifs is 5. The first-order valence-electron chi connectivity index (χ1n) is 12.7. The molecule has 30 heavy (non-hydrogen) atoms. The van der Waals surface area contributed by atoms with E-state index in [-0.39, 0.29) is 24.5 Å². The second-order valence-corrected chi connectivity index (χ2v) is 12.0. The summed E-state index contributed by atoms with van der Waals surface area (Å²) >= 11 is 0. The van der Waals surface area contributed by atoms with E-state index in [9.17, 15) is 15.0 Å². The van der Waals surface area contributed by atoms with Gasteiger partial charge in [-0.2, -0.15) is 0 Å². The predicted octanol–water partition coefficient (Wildman–Crippen LogP) is 5.54. The Labute approximate surface area is 183 Å². The fourth-order valence-corrected chi connectivity index (χ4v) is 8.44. The van der Waals surface area contributed by atoms with Gasteiger partial charge in [0, 0.05) is 18.9 Å². The normalized spacial score (nSPS) is 45.0. The summed E-state index contributed by atoms with van der Waals surface area (Å²) in [4.78, 5) is 13.0.